The zero-order valence-electron chi connectivity index (χ0n) is 5.13. The molecule has 0 unspecified atom stereocenters. The molecule has 0 saturated carbocycles. The second-order valence-electron chi connectivity index (χ2n) is 1.59. The summed E-state index contributed by atoms with van der Waals surface area (Å²) in [5.74, 6) is -1.42. The van der Waals surface area contributed by atoms with E-state index in [2.05, 4.69) is 4.74 Å². The van der Waals surface area contributed by atoms with Gasteiger partial charge in [0.25, 0.3) is 0 Å². The first-order chi connectivity index (χ1) is 4.18. The van der Waals surface area contributed by atoms with Gasteiger partial charge in [0.15, 0.2) is 6.17 Å². The number of ether oxygens (including phenoxy) is 1. The Bertz CT molecular complexity index is 94.2. The molecule has 0 aliphatic heterocycles. The van der Waals surface area contributed by atoms with Crippen LogP contribution in [-0.2, 0) is 9.53 Å². The van der Waals surface area contributed by atoms with E-state index < -0.39 is 12.1 Å². The number of carbonyl (C=O) groups is 1. The SMILES string of the molecule is COCC[C@H](F)C(=O)O. The van der Waals surface area contributed by atoms with E-state index in [9.17, 15) is 9.18 Å². The lowest BCUT2D eigenvalue weighted by molar-refractivity contribution is -0.143. The van der Waals surface area contributed by atoms with Crippen molar-refractivity contribution in [3.05, 3.63) is 0 Å². The highest BCUT2D eigenvalue weighted by molar-refractivity contribution is 5.71. The van der Waals surface area contributed by atoms with Crippen molar-refractivity contribution in [2.75, 3.05) is 13.7 Å². The van der Waals surface area contributed by atoms with Gasteiger partial charge in [0.1, 0.15) is 0 Å². The molecule has 0 aromatic rings. The monoisotopic (exact) mass is 136 g/mol. The van der Waals surface area contributed by atoms with Gasteiger partial charge in [0.2, 0.25) is 0 Å². The van der Waals surface area contributed by atoms with E-state index >= 15 is 0 Å². The Hall–Kier alpha value is -0.640. The summed E-state index contributed by atoms with van der Waals surface area (Å²) < 4.78 is 16.5. The summed E-state index contributed by atoms with van der Waals surface area (Å²) >= 11 is 0. The van der Waals surface area contributed by atoms with Crippen molar-refractivity contribution in [3.8, 4) is 0 Å². The number of rotatable bonds is 4. The highest BCUT2D eigenvalue weighted by atomic mass is 19.1. The summed E-state index contributed by atoms with van der Waals surface area (Å²) in [6.45, 7) is 0.146. The van der Waals surface area contributed by atoms with Gasteiger partial charge in [-0.15, -0.1) is 0 Å². The molecule has 0 spiro atoms. The van der Waals surface area contributed by atoms with E-state index in [0.29, 0.717) is 0 Å². The Morgan fingerprint density at radius 1 is 1.89 bits per heavy atom. The maximum absolute atomic E-state index is 12.0. The number of hydrogen-bond donors (Lipinski definition) is 1. The Balaban J connectivity index is 3.27. The van der Waals surface area contributed by atoms with E-state index in [0.717, 1.165) is 0 Å². The fourth-order valence-corrected chi connectivity index (χ4v) is 0.345. The average molecular weight is 136 g/mol. The van der Waals surface area contributed by atoms with Gasteiger partial charge in [-0.1, -0.05) is 0 Å². The van der Waals surface area contributed by atoms with E-state index in [1.807, 2.05) is 0 Å². The van der Waals surface area contributed by atoms with Crippen LogP contribution in [0.5, 0.6) is 0 Å². The quantitative estimate of drug-likeness (QED) is 0.610. The molecule has 1 atom stereocenters. The number of alkyl halides is 1. The molecule has 0 radical (unpaired) electrons. The van der Waals surface area contributed by atoms with Gasteiger partial charge in [-0.2, -0.15) is 0 Å². The molecule has 54 valence electrons. The molecule has 0 aromatic heterocycles. The third-order valence-corrected chi connectivity index (χ3v) is 0.843. The normalized spacial score (nSPS) is 13.1. The van der Waals surface area contributed by atoms with Crippen LogP contribution in [0.25, 0.3) is 0 Å². The topological polar surface area (TPSA) is 46.5 Å². The predicted octanol–water partition coefficient (Wildman–Crippen LogP) is 0.446. The first-order valence-electron chi connectivity index (χ1n) is 2.54. The molecule has 0 saturated heterocycles. The van der Waals surface area contributed by atoms with E-state index in [4.69, 9.17) is 5.11 Å². The maximum atomic E-state index is 12.0. The average Bonchev–Trinajstić information content (AvgIpc) is 1.82. The highest BCUT2D eigenvalue weighted by Crippen LogP contribution is 1.96. The van der Waals surface area contributed by atoms with Crippen LogP contribution >= 0.6 is 0 Å². The van der Waals surface area contributed by atoms with Crippen LogP contribution in [0.4, 0.5) is 4.39 Å². The highest BCUT2D eigenvalue weighted by Gasteiger charge is 2.13. The van der Waals surface area contributed by atoms with Crippen molar-refractivity contribution in [1.82, 2.24) is 0 Å². The zero-order chi connectivity index (χ0) is 7.28. The largest absolute Gasteiger partial charge is 0.479 e. The van der Waals surface area contributed by atoms with Gasteiger partial charge < -0.3 is 9.84 Å². The fourth-order valence-electron chi connectivity index (χ4n) is 0.345. The standard InChI is InChI=1S/C5H9FO3/c1-9-3-2-4(6)5(7)8/h4H,2-3H2,1H3,(H,7,8)/t4-/m0/s1. The van der Waals surface area contributed by atoms with Gasteiger partial charge in [-0.05, 0) is 0 Å². The van der Waals surface area contributed by atoms with Crippen LogP contribution in [0.3, 0.4) is 0 Å². The third-order valence-electron chi connectivity index (χ3n) is 0.843. The van der Waals surface area contributed by atoms with Gasteiger partial charge in [0.05, 0.1) is 0 Å². The van der Waals surface area contributed by atoms with Crippen LogP contribution in [0.1, 0.15) is 6.42 Å². The molecular weight excluding hydrogens is 127 g/mol. The molecule has 0 aromatic carbocycles. The van der Waals surface area contributed by atoms with Crippen LogP contribution in [0, 0.1) is 0 Å². The maximum Gasteiger partial charge on any atom is 0.338 e. The Kier molecular flexibility index (Phi) is 3.96. The van der Waals surface area contributed by atoms with E-state index in [-0.39, 0.29) is 13.0 Å². The van der Waals surface area contributed by atoms with Gasteiger partial charge in [-0.3, -0.25) is 0 Å². The second-order valence-corrected chi connectivity index (χ2v) is 1.59. The molecule has 9 heavy (non-hydrogen) atoms. The molecule has 0 heterocycles. The third kappa shape index (κ3) is 3.90. The molecule has 0 rings (SSSR count). The lowest BCUT2D eigenvalue weighted by Gasteiger charge is -1.99. The number of hydrogen-bond acceptors (Lipinski definition) is 2. The van der Waals surface area contributed by atoms with Gasteiger partial charge >= 0.3 is 5.97 Å². The molecule has 0 amide bonds. The number of carboxylic acid groups (broad SMARTS) is 1. The number of methoxy groups -OCH3 is 1. The molecule has 4 heteroatoms. The van der Waals surface area contributed by atoms with Crippen molar-refractivity contribution in [1.29, 1.82) is 0 Å². The summed E-state index contributed by atoms with van der Waals surface area (Å²) in [6.07, 6.45) is -1.86. The lowest BCUT2D eigenvalue weighted by Crippen LogP contribution is -2.16. The summed E-state index contributed by atoms with van der Waals surface area (Å²) in [5, 5.41) is 7.98. The minimum absolute atomic E-state index is 0.0775. The number of aliphatic carboxylic acids is 1. The molecule has 3 nitrogen and oxygen atoms in total. The summed E-state index contributed by atoms with van der Waals surface area (Å²) in [7, 11) is 1.40. The minimum Gasteiger partial charge on any atom is -0.479 e. The van der Waals surface area contributed by atoms with Crippen LogP contribution < -0.4 is 0 Å². The van der Waals surface area contributed by atoms with Crippen molar-refractivity contribution in [2.24, 2.45) is 0 Å². The van der Waals surface area contributed by atoms with Crippen molar-refractivity contribution in [3.63, 3.8) is 0 Å². The van der Waals surface area contributed by atoms with Crippen molar-refractivity contribution in [2.45, 2.75) is 12.6 Å². The number of carboxylic acids is 1. The lowest BCUT2D eigenvalue weighted by atomic mass is 10.3. The van der Waals surface area contributed by atoms with Crippen LogP contribution in [-0.4, -0.2) is 31.0 Å². The van der Waals surface area contributed by atoms with Crippen LogP contribution in [0.2, 0.25) is 0 Å². The minimum atomic E-state index is -1.79. The summed E-state index contributed by atoms with van der Waals surface area (Å²) in [4.78, 5) is 9.77. The molecule has 0 aliphatic carbocycles. The Morgan fingerprint density at radius 2 is 2.44 bits per heavy atom. The second kappa shape index (κ2) is 4.26. The summed E-state index contributed by atoms with van der Waals surface area (Å²) in [5.41, 5.74) is 0. The molecule has 1 N–H and O–H groups in total. The molecule has 0 fully saturated rings. The fraction of sp³-hybridized carbons (Fsp3) is 0.800. The number of halogens is 1. The Labute approximate surface area is 52.4 Å². The Morgan fingerprint density at radius 3 is 2.78 bits per heavy atom. The first-order valence-corrected chi connectivity index (χ1v) is 2.54. The van der Waals surface area contributed by atoms with Crippen LogP contribution in [0.15, 0.2) is 0 Å². The first kappa shape index (κ1) is 8.36. The van der Waals surface area contributed by atoms with Gasteiger partial charge in [0, 0.05) is 20.1 Å². The van der Waals surface area contributed by atoms with Gasteiger partial charge in [-0.25, -0.2) is 9.18 Å². The molecule has 0 bridgehead atoms. The predicted molar refractivity (Wildman–Crippen MR) is 29.0 cm³/mol. The van der Waals surface area contributed by atoms with Crippen molar-refractivity contribution < 1.29 is 19.0 Å². The molecule has 0 aliphatic rings. The summed E-state index contributed by atoms with van der Waals surface area (Å²) in [6, 6.07) is 0. The zero-order valence-corrected chi connectivity index (χ0v) is 5.13. The van der Waals surface area contributed by atoms with E-state index in [1.54, 1.807) is 0 Å². The van der Waals surface area contributed by atoms with E-state index in [1.165, 1.54) is 7.11 Å². The van der Waals surface area contributed by atoms with Crippen molar-refractivity contribution >= 4 is 5.97 Å². The molecular formula is C5H9FO3. The smallest absolute Gasteiger partial charge is 0.338 e.